The number of nitrogens with two attached hydrogens (primary N) is 1. The van der Waals surface area contributed by atoms with Gasteiger partial charge in [-0.25, -0.2) is 4.98 Å². The average molecular weight is 527 g/mol. The van der Waals surface area contributed by atoms with E-state index in [1.165, 1.54) is 4.68 Å². The normalized spacial score (nSPS) is 11.3. The van der Waals surface area contributed by atoms with Gasteiger partial charge >= 0.3 is 0 Å². The van der Waals surface area contributed by atoms with Gasteiger partial charge in [0.1, 0.15) is 5.82 Å². The molecule has 3 rings (SSSR count). The third-order valence-electron chi connectivity index (χ3n) is 4.85. The van der Waals surface area contributed by atoms with E-state index in [-0.39, 0.29) is 18.1 Å². The molecule has 8 nitrogen and oxygen atoms in total. The number of benzene rings is 2. The Morgan fingerprint density at radius 2 is 2.06 bits per heavy atom. The van der Waals surface area contributed by atoms with Gasteiger partial charge in [0.25, 0.3) is 11.5 Å². The van der Waals surface area contributed by atoms with Crippen molar-refractivity contribution < 1.29 is 14.3 Å². The second-order valence-corrected chi connectivity index (χ2v) is 8.75. The number of amides is 1. The monoisotopic (exact) mass is 526 g/mol. The van der Waals surface area contributed by atoms with Crippen LogP contribution in [0.1, 0.15) is 43.6 Å². The lowest BCUT2D eigenvalue weighted by Gasteiger charge is -2.16. The van der Waals surface area contributed by atoms with E-state index < -0.39 is 5.91 Å². The van der Waals surface area contributed by atoms with Gasteiger partial charge < -0.3 is 15.2 Å². The van der Waals surface area contributed by atoms with E-state index in [0.29, 0.717) is 46.8 Å². The Morgan fingerprint density at radius 3 is 2.71 bits per heavy atom. The Hall–Kier alpha value is -3.46. The Morgan fingerprint density at radius 1 is 1.29 bits per heavy atom. The number of carbonyl (C=O) groups excluding carboxylic acids is 1. The third-order valence-corrected chi connectivity index (χ3v) is 5.34. The molecule has 178 valence electrons. The van der Waals surface area contributed by atoms with Crippen molar-refractivity contribution in [2.75, 3.05) is 13.2 Å². The fourth-order valence-electron chi connectivity index (χ4n) is 3.41. The van der Waals surface area contributed by atoms with Crippen molar-refractivity contribution in [2.45, 2.75) is 33.1 Å². The van der Waals surface area contributed by atoms with E-state index in [9.17, 15) is 9.59 Å². The standard InChI is InChI=1S/C25H27BrN4O4/c1-5-7-17-10-16(11-21(33-6-2)23(17)34-14-22(27)31)13-28-30-24(15(3)4)29-20-9-8-18(26)12-19(20)25(30)32/h5,8-13,15H,1,6-7,14H2,2-4H3,(H2,27,31). The smallest absolute Gasteiger partial charge is 0.282 e. The van der Waals surface area contributed by atoms with Crippen LogP contribution in [0, 0.1) is 0 Å². The quantitative estimate of drug-likeness (QED) is 0.315. The van der Waals surface area contributed by atoms with Crippen molar-refractivity contribution in [3.8, 4) is 11.5 Å². The summed E-state index contributed by atoms with van der Waals surface area (Å²) in [5.41, 5.74) is 7.03. The number of ether oxygens (including phenoxy) is 2. The lowest BCUT2D eigenvalue weighted by Crippen LogP contribution is -2.23. The van der Waals surface area contributed by atoms with E-state index in [1.807, 2.05) is 39.0 Å². The second kappa shape index (κ2) is 11.1. The number of aromatic nitrogens is 2. The molecule has 0 fully saturated rings. The van der Waals surface area contributed by atoms with Crippen LogP contribution in [0.5, 0.6) is 11.5 Å². The summed E-state index contributed by atoms with van der Waals surface area (Å²) in [4.78, 5) is 29.2. The van der Waals surface area contributed by atoms with Crippen LogP contribution in [0.25, 0.3) is 10.9 Å². The highest BCUT2D eigenvalue weighted by Gasteiger charge is 2.16. The lowest BCUT2D eigenvalue weighted by atomic mass is 10.1. The van der Waals surface area contributed by atoms with Crippen LogP contribution in [-0.4, -0.2) is 35.0 Å². The third kappa shape index (κ3) is 5.72. The number of primary amides is 1. The van der Waals surface area contributed by atoms with E-state index in [2.05, 4.69) is 32.6 Å². The molecular weight excluding hydrogens is 500 g/mol. The molecular formula is C25H27BrN4O4. The van der Waals surface area contributed by atoms with E-state index in [0.717, 1.165) is 10.0 Å². The maximum absolute atomic E-state index is 13.3. The number of fused-ring (bicyclic) bond motifs is 1. The van der Waals surface area contributed by atoms with Gasteiger partial charge in [-0.05, 0) is 49.2 Å². The number of nitrogens with zero attached hydrogens (tertiary/aromatic N) is 3. The highest BCUT2D eigenvalue weighted by Crippen LogP contribution is 2.33. The van der Waals surface area contributed by atoms with Gasteiger partial charge in [0, 0.05) is 16.0 Å². The number of hydrogen-bond donors (Lipinski definition) is 1. The summed E-state index contributed by atoms with van der Waals surface area (Å²) >= 11 is 3.41. The SMILES string of the molecule is C=CCc1cc(C=Nn2c(C(C)C)nc3ccc(Br)cc3c2=O)cc(OCC)c1OCC(N)=O. The molecule has 1 heterocycles. The lowest BCUT2D eigenvalue weighted by molar-refractivity contribution is -0.119. The molecule has 0 saturated carbocycles. The van der Waals surface area contributed by atoms with E-state index in [1.54, 1.807) is 24.4 Å². The summed E-state index contributed by atoms with van der Waals surface area (Å²) < 4.78 is 13.5. The molecule has 0 unspecified atom stereocenters. The molecule has 0 aliphatic heterocycles. The van der Waals surface area contributed by atoms with Gasteiger partial charge in [0.05, 0.1) is 23.7 Å². The zero-order valence-electron chi connectivity index (χ0n) is 19.4. The number of hydrogen-bond acceptors (Lipinski definition) is 6. The number of rotatable bonds is 10. The molecule has 0 bridgehead atoms. The maximum atomic E-state index is 13.3. The summed E-state index contributed by atoms with van der Waals surface area (Å²) in [6.07, 6.45) is 3.76. The van der Waals surface area contributed by atoms with Crippen LogP contribution in [0.4, 0.5) is 0 Å². The summed E-state index contributed by atoms with van der Waals surface area (Å²) in [5.74, 6) is 0.803. The largest absolute Gasteiger partial charge is 0.490 e. The number of allylic oxidation sites excluding steroid dienone is 1. The second-order valence-electron chi connectivity index (χ2n) is 7.84. The molecule has 0 aliphatic rings. The molecule has 0 aliphatic carbocycles. The highest BCUT2D eigenvalue weighted by molar-refractivity contribution is 9.10. The Labute approximate surface area is 206 Å². The first-order valence-electron chi connectivity index (χ1n) is 10.8. The summed E-state index contributed by atoms with van der Waals surface area (Å²) in [5, 5.41) is 4.95. The topological polar surface area (TPSA) is 109 Å². The first-order valence-corrected chi connectivity index (χ1v) is 11.6. The van der Waals surface area contributed by atoms with Crippen molar-refractivity contribution in [3.05, 3.63) is 74.8 Å². The first-order chi connectivity index (χ1) is 16.2. The van der Waals surface area contributed by atoms with Crippen molar-refractivity contribution in [2.24, 2.45) is 10.8 Å². The van der Waals surface area contributed by atoms with Crippen LogP contribution < -0.4 is 20.8 Å². The van der Waals surface area contributed by atoms with Crippen LogP contribution in [0.3, 0.4) is 0 Å². The Bertz CT molecular complexity index is 1310. The fraction of sp³-hybridized carbons (Fsp3) is 0.280. The summed E-state index contributed by atoms with van der Waals surface area (Å²) in [6, 6.07) is 8.98. The molecule has 0 radical (unpaired) electrons. The molecule has 2 aromatic carbocycles. The van der Waals surface area contributed by atoms with E-state index in [4.69, 9.17) is 15.2 Å². The molecule has 2 N–H and O–H groups in total. The molecule has 0 saturated heterocycles. The summed E-state index contributed by atoms with van der Waals surface area (Å²) in [6.45, 7) is 9.67. The molecule has 1 amide bonds. The van der Waals surface area contributed by atoms with E-state index >= 15 is 0 Å². The van der Waals surface area contributed by atoms with Crippen molar-refractivity contribution >= 4 is 39.0 Å². The van der Waals surface area contributed by atoms with Crippen LogP contribution >= 0.6 is 15.9 Å². The average Bonchev–Trinajstić information content (AvgIpc) is 2.78. The molecule has 34 heavy (non-hydrogen) atoms. The molecule has 1 aromatic heterocycles. The van der Waals surface area contributed by atoms with Gasteiger partial charge in [-0.2, -0.15) is 9.78 Å². The number of halogens is 1. The predicted octanol–water partition coefficient (Wildman–Crippen LogP) is 4.16. The zero-order chi connectivity index (χ0) is 24.8. The van der Waals surface area contributed by atoms with Gasteiger partial charge in [-0.3, -0.25) is 9.59 Å². The highest BCUT2D eigenvalue weighted by atomic mass is 79.9. The van der Waals surface area contributed by atoms with Crippen molar-refractivity contribution in [1.29, 1.82) is 0 Å². The summed E-state index contributed by atoms with van der Waals surface area (Å²) in [7, 11) is 0. The van der Waals surface area contributed by atoms with Gasteiger partial charge in [0.15, 0.2) is 18.1 Å². The van der Waals surface area contributed by atoms with Crippen LogP contribution in [0.15, 0.2) is 57.4 Å². The van der Waals surface area contributed by atoms with Crippen LogP contribution in [0.2, 0.25) is 0 Å². The van der Waals surface area contributed by atoms with Crippen molar-refractivity contribution in [3.63, 3.8) is 0 Å². The zero-order valence-corrected chi connectivity index (χ0v) is 21.0. The first kappa shape index (κ1) is 25.2. The molecule has 0 spiro atoms. The fourth-order valence-corrected chi connectivity index (χ4v) is 3.77. The van der Waals surface area contributed by atoms with Gasteiger partial charge in [-0.1, -0.05) is 35.9 Å². The maximum Gasteiger partial charge on any atom is 0.282 e. The van der Waals surface area contributed by atoms with Crippen molar-refractivity contribution in [1.82, 2.24) is 9.66 Å². The molecule has 0 atom stereocenters. The molecule has 3 aromatic rings. The minimum absolute atomic E-state index is 0.0298. The predicted molar refractivity (Wildman–Crippen MR) is 137 cm³/mol. The van der Waals surface area contributed by atoms with Gasteiger partial charge in [0.2, 0.25) is 0 Å². The van der Waals surface area contributed by atoms with Gasteiger partial charge in [-0.15, -0.1) is 6.58 Å². The Kier molecular flexibility index (Phi) is 8.22. The Balaban J connectivity index is 2.13. The molecule has 9 heteroatoms. The minimum Gasteiger partial charge on any atom is -0.490 e. The van der Waals surface area contributed by atoms with Crippen LogP contribution in [-0.2, 0) is 11.2 Å². The number of carbonyl (C=O) groups is 1. The minimum atomic E-state index is -0.589.